The summed E-state index contributed by atoms with van der Waals surface area (Å²) in [5.41, 5.74) is 1.86. The Bertz CT molecular complexity index is 503. The number of rotatable bonds is 3. The van der Waals surface area contributed by atoms with Crippen LogP contribution in [0.25, 0.3) is 11.0 Å². The van der Waals surface area contributed by atoms with Crippen molar-refractivity contribution in [3.8, 4) is 5.75 Å². The zero-order chi connectivity index (χ0) is 10.8. The second kappa shape index (κ2) is 3.73. The van der Waals surface area contributed by atoms with Crippen LogP contribution in [0, 0.1) is 0 Å². The van der Waals surface area contributed by atoms with Gasteiger partial charge in [-0.05, 0) is 12.1 Å². The zero-order valence-electron chi connectivity index (χ0n) is 8.73. The molecule has 0 N–H and O–H groups in total. The molecule has 0 fully saturated rings. The van der Waals surface area contributed by atoms with Gasteiger partial charge in [-0.2, -0.15) is 0 Å². The van der Waals surface area contributed by atoms with Crippen LogP contribution in [0.4, 0.5) is 0 Å². The maximum Gasteiger partial charge on any atom is 0.127 e. The maximum absolute atomic E-state index is 10.4. The van der Waals surface area contributed by atoms with Gasteiger partial charge in [0.15, 0.2) is 0 Å². The van der Waals surface area contributed by atoms with Crippen molar-refractivity contribution >= 4 is 17.3 Å². The van der Waals surface area contributed by atoms with Crippen molar-refractivity contribution in [2.75, 3.05) is 7.11 Å². The summed E-state index contributed by atoms with van der Waals surface area (Å²) in [6.07, 6.45) is 1.20. The summed E-state index contributed by atoms with van der Waals surface area (Å²) in [5.74, 6) is 1.55. The predicted octanol–water partition coefficient (Wildman–Crippen LogP) is 1.32. The van der Waals surface area contributed by atoms with Gasteiger partial charge in [0.1, 0.15) is 17.9 Å². The Hall–Kier alpha value is -1.84. The lowest BCUT2D eigenvalue weighted by Gasteiger charge is -1.99. The van der Waals surface area contributed by atoms with Crippen LogP contribution in [0.2, 0.25) is 0 Å². The molecule has 2 rings (SSSR count). The van der Waals surface area contributed by atoms with E-state index in [9.17, 15) is 4.79 Å². The second-order valence-corrected chi connectivity index (χ2v) is 3.31. The highest BCUT2D eigenvalue weighted by molar-refractivity contribution is 5.78. The standard InChI is InChI=1S/C11H12N2O2/c1-13-10-4-3-8(15-2)7-9(10)12-11(13)5-6-14/h3-4,6-7H,5H2,1-2H3. The summed E-state index contributed by atoms with van der Waals surface area (Å²) in [7, 11) is 3.52. The third-order valence-corrected chi connectivity index (χ3v) is 2.45. The fraction of sp³-hybridized carbons (Fsp3) is 0.273. The Labute approximate surface area is 87.5 Å². The average molecular weight is 204 g/mol. The van der Waals surface area contributed by atoms with Crippen LogP contribution in [0.3, 0.4) is 0 Å². The molecule has 0 atom stereocenters. The molecule has 4 nitrogen and oxygen atoms in total. The topological polar surface area (TPSA) is 44.1 Å². The van der Waals surface area contributed by atoms with E-state index in [0.29, 0.717) is 6.42 Å². The summed E-state index contributed by atoms with van der Waals surface area (Å²) < 4.78 is 7.03. The second-order valence-electron chi connectivity index (χ2n) is 3.31. The number of carbonyl (C=O) groups is 1. The molecule has 2 aromatic rings. The molecule has 0 amide bonds. The number of imidazole rings is 1. The fourth-order valence-corrected chi connectivity index (χ4v) is 1.61. The molecular formula is C11H12N2O2. The van der Waals surface area contributed by atoms with E-state index in [-0.39, 0.29) is 0 Å². The molecule has 0 aliphatic carbocycles. The number of hydrogen-bond donors (Lipinski definition) is 0. The molecule has 0 spiro atoms. The summed E-state index contributed by atoms with van der Waals surface area (Å²) >= 11 is 0. The molecule has 0 aliphatic heterocycles. The number of methoxy groups -OCH3 is 1. The van der Waals surface area contributed by atoms with E-state index in [0.717, 1.165) is 28.9 Å². The molecule has 0 saturated heterocycles. The molecule has 0 unspecified atom stereocenters. The minimum atomic E-state index is 0.341. The molecule has 4 heteroatoms. The summed E-state index contributed by atoms with van der Waals surface area (Å²) in [6.45, 7) is 0. The van der Waals surface area contributed by atoms with Crippen molar-refractivity contribution in [1.29, 1.82) is 0 Å². The van der Waals surface area contributed by atoms with Crippen LogP contribution >= 0.6 is 0 Å². The van der Waals surface area contributed by atoms with Gasteiger partial charge in [0.2, 0.25) is 0 Å². The lowest BCUT2D eigenvalue weighted by molar-refractivity contribution is -0.107. The van der Waals surface area contributed by atoms with Crippen LogP contribution in [0.1, 0.15) is 5.82 Å². The molecule has 1 aromatic heterocycles. The number of aromatic nitrogens is 2. The highest BCUT2D eigenvalue weighted by atomic mass is 16.5. The van der Waals surface area contributed by atoms with Gasteiger partial charge < -0.3 is 14.1 Å². The number of carbonyl (C=O) groups excluding carboxylic acids is 1. The van der Waals surface area contributed by atoms with Gasteiger partial charge in [-0.15, -0.1) is 0 Å². The minimum absolute atomic E-state index is 0.341. The molecule has 15 heavy (non-hydrogen) atoms. The molecule has 78 valence electrons. The minimum Gasteiger partial charge on any atom is -0.497 e. The van der Waals surface area contributed by atoms with Gasteiger partial charge in [-0.3, -0.25) is 0 Å². The fourth-order valence-electron chi connectivity index (χ4n) is 1.61. The molecule has 0 bridgehead atoms. The number of ether oxygens (including phenoxy) is 1. The number of nitrogens with zero attached hydrogens (tertiary/aromatic N) is 2. The summed E-state index contributed by atoms with van der Waals surface area (Å²) in [6, 6.07) is 5.69. The van der Waals surface area contributed by atoms with E-state index in [4.69, 9.17) is 4.74 Å². The van der Waals surface area contributed by atoms with Gasteiger partial charge in [0.05, 0.1) is 24.6 Å². The largest absolute Gasteiger partial charge is 0.497 e. The first kappa shape index (κ1) is 9.71. The van der Waals surface area contributed by atoms with Crippen molar-refractivity contribution in [3.63, 3.8) is 0 Å². The van der Waals surface area contributed by atoms with Crippen molar-refractivity contribution < 1.29 is 9.53 Å². The Morgan fingerprint density at radius 2 is 2.33 bits per heavy atom. The number of hydrogen-bond acceptors (Lipinski definition) is 3. The van der Waals surface area contributed by atoms with Crippen molar-refractivity contribution in [2.24, 2.45) is 7.05 Å². The summed E-state index contributed by atoms with van der Waals surface area (Å²) in [4.78, 5) is 14.8. The lowest BCUT2D eigenvalue weighted by atomic mass is 10.3. The van der Waals surface area contributed by atoms with Crippen LogP contribution < -0.4 is 4.74 Å². The number of benzene rings is 1. The predicted molar refractivity (Wildman–Crippen MR) is 57.0 cm³/mol. The number of aryl methyl sites for hydroxylation is 1. The zero-order valence-corrected chi connectivity index (χ0v) is 8.73. The maximum atomic E-state index is 10.4. The van der Waals surface area contributed by atoms with E-state index in [1.165, 1.54) is 0 Å². The molecular weight excluding hydrogens is 192 g/mol. The molecule has 0 radical (unpaired) electrons. The quantitative estimate of drug-likeness (QED) is 0.708. The number of aldehydes is 1. The first-order valence-electron chi connectivity index (χ1n) is 4.69. The Kier molecular flexibility index (Phi) is 2.41. The Morgan fingerprint density at radius 1 is 1.53 bits per heavy atom. The number of fused-ring (bicyclic) bond motifs is 1. The summed E-state index contributed by atoms with van der Waals surface area (Å²) in [5, 5.41) is 0. The molecule has 1 heterocycles. The van der Waals surface area contributed by atoms with Crippen LogP contribution in [0.15, 0.2) is 18.2 Å². The van der Waals surface area contributed by atoms with Crippen molar-refractivity contribution in [1.82, 2.24) is 9.55 Å². The molecule has 0 aliphatic rings. The highest BCUT2D eigenvalue weighted by Crippen LogP contribution is 2.20. The average Bonchev–Trinajstić information content (AvgIpc) is 2.56. The van der Waals surface area contributed by atoms with E-state index in [1.807, 2.05) is 29.8 Å². The van der Waals surface area contributed by atoms with E-state index in [1.54, 1.807) is 7.11 Å². The first-order valence-corrected chi connectivity index (χ1v) is 4.69. The molecule has 1 aromatic carbocycles. The van der Waals surface area contributed by atoms with Crippen molar-refractivity contribution in [3.05, 3.63) is 24.0 Å². The van der Waals surface area contributed by atoms with Gasteiger partial charge in [0, 0.05) is 13.1 Å². The van der Waals surface area contributed by atoms with E-state index < -0.39 is 0 Å². The monoisotopic (exact) mass is 204 g/mol. The highest BCUT2D eigenvalue weighted by Gasteiger charge is 2.07. The van der Waals surface area contributed by atoms with Gasteiger partial charge in [-0.25, -0.2) is 4.98 Å². The van der Waals surface area contributed by atoms with Gasteiger partial charge in [0.25, 0.3) is 0 Å². The van der Waals surface area contributed by atoms with Gasteiger partial charge in [-0.1, -0.05) is 0 Å². The normalized spacial score (nSPS) is 10.5. The van der Waals surface area contributed by atoms with Crippen molar-refractivity contribution in [2.45, 2.75) is 6.42 Å². The Balaban J connectivity index is 2.59. The third kappa shape index (κ3) is 1.58. The Morgan fingerprint density at radius 3 is 3.00 bits per heavy atom. The lowest BCUT2D eigenvalue weighted by Crippen LogP contribution is -1.97. The molecule has 0 saturated carbocycles. The SMILES string of the molecule is COc1ccc2c(c1)nc(CC=O)n2C. The first-order chi connectivity index (χ1) is 7.26. The van der Waals surface area contributed by atoms with Crippen LogP contribution in [-0.4, -0.2) is 22.9 Å². The third-order valence-electron chi connectivity index (χ3n) is 2.45. The van der Waals surface area contributed by atoms with Crippen LogP contribution in [-0.2, 0) is 18.3 Å². The van der Waals surface area contributed by atoms with Crippen LogP contribution in [0.5, 0.6) is 5.75 Å². The van der Waals surface area contributed by atoms with E-state index in [2.05, 4.69) is 4.98 Å². The van der Waals surface area contributed by atoms with E-state index >= 15 is 0 Å². The smallest absolute Gasteiger partial charge is 0.127 e. The van der Waals surface area contributed by atoms with Gasteiger partial charge >= 0.3 is 0 Å².